The monoisotopic (exact) mass is 477 g/mol. The number of piperidine rings is 1. The molecule has 9 heteroatoms. The summed E-state index contributed by atoms with van der Waals surface area (Å²) in [6.07, 6.45) is 1.53. The van der Waals surface area contributed by atoms with Gasteiger partial charge in [-0.25, -0.2) is 0 Å². The highest BCUT2D eigenvalue weighted by Gasteiger charge is 2.35. The summed E-state index contributed by atoms with van der Waals surface area (Å²) in [6, 6.07) is 13.2. The highest BCUT2D eigenvalue weighted by atomic mass is 16.5. The lowest BCUT2D eigenvalue weighted by Crippen LogP contribution is -2.42. The molecule has 2 aromatic carbocycles. The van der Waals surface area contributed by atoms with Gasteiger partial charge in [-0.3, -0.25) is 28.9 Å². The van der Waals surface area contributed by atoms with Gasteiger partial charge in [-0.05, 0) is 49.1 Å². The summed E-state index contributed by atoms with van der Waals surface area (Å²) >= 11 is 0. The quantitative estimate of drug-likeness (QED) is 0.372. The summed E-state index contributed by atoms with van der Waals surface area (Å²) in [7, 11) is 0. The van der Waals surface area contributed by atoms with Crippen LogP contribution in [-0.4, -0.2) is 65.6 Å². The lowest BCUT2D eigenvalue weighted by atomic mass is 9.96. The molecule has 0 aliphatic carbocycles. The number of imide groups is 1. The Morgan fingerprint density at radius 1 is 0.971 bits per heavy atom. The van der Waals surface area contributed by atoms with Gasteiger partial charge in [0.1, 0.15) is 5.75 Å². The van der Waals surface area contributed by atoms with E-state index >= 15 is 0 Å². The summed E-state index contributed by atoms with van der Waals surface area (Å²) < 4.78 is 5.05. The third-order valence-electron chi connectivity index (χ3n) is 6.27. The number of hydrogen-bond acceptors (Lipinski definition) is 6. The van der Waals surface area contributed by atoms with Crippen molar-refractivity contribution < 1.29 is 28.7 Å². The lowest BCUT2D eigenvalue weighted by molar-refractivity contribution is -0.131. The summed E-state index contributed by atoms with van der Waals surface area (Å²) in [6.45, 7) is 2.95. The maximum Gasteiger partial charge on any atom is 0.308 e. The molecule has 2 aliphatic rings. The van der Waals surface area contributed by atoms with Crippen LogP contribution in [0.15, 0.2) is 48.5 Å². The van der Waals surface area contributed by atoms with E-state index in [1.165, 1.54) is 6.92 Å². The van der Waals surface area contributed by atoms with E-state index in [2.05, 4.69) is 5.32 Å². The number of fused-ring (bicyclic) bond motifs is 1. The topological polar surface area (TPSA) is 113 Å². The van der Waals surface area contributed by atoms with Crippen molar-refractivity contribution in [2.24, 2.45) is 5.92 Å². The molecule has 0 bridgehead atoms. The molecule has 0 radical (unpaired) electrons. The van der Waals surface area contributed by atoms with Crippen molar-refractivity contribution in [3.8, 4) is 5.75 Å². The molecule has 2 aromatic rings. The van der Waals surface area contributed by atoms with Gasteiger partial charge in [-0.2, -0.15) is 0 Å². The fourth-order valence-electron chi connectivity index (χ4n) is 4.38. The highest BCUT2D eigenvalue weighted by molar-refractivity contribution is 6.21. The number of amides is 4. The number of rotatable bonds is 7. The Bertz CT molecular complexity index is 1130. The second-order valence-electron chi connectivity index (χ2n) is 8.72. The average Bonchev–Trinajstić information content (AvgIpc) is 3.10. The van der Waals surface area contributed by atoms with Crippen molar-refractivity contribution in [3.63, 3.8) is 0 Å². The smallest absolute Gasteiger partial charge is 0.308 e. The predicted octanol–water partition coefficient (Wildman–Crippen LogP) is 2.27. The Balaban J connectivity index is 1.20. The molecule has 4 amide bonds. The van der Waals surface area contributed by atoms with Crippen LogP contribution in [0.5, 0.6) is 5.75 Å². The Morgan fingerprint density at radius 2 is 1.63 bits per heavy atom. The Morgan fingerprint density at radius 3 is 2.26 bits per heavy atom. The molecule has 182 valence electrons. The zero-order chi connectivity index (χ0) is 24.9. The number of ether oxygens (including phenoxy) is 1. The van der Waals surface area contributed by atoms with E-state index < -0.39 is 5.97 Å². The molecule has 2 heterocycles. The number of esters is 1. The Kier molecular flexibility index (Phi) is 7.24. The minimum Gasteiger partial charge on any atom is -0.427 e. The van der Waals surface area contributed by atoms with Crippen molar-refractivity contribution in [2.75, 3.05) is 26.2 Å². The fourth-order valence-corrected chi connectivity index (χ4v) is 4.38. The first-order valence-corrected chi connectivity index (χ1v) is 11.6. The fraction of sp³-hybridized carbons (Fsp3) is 0.346. The van der Waals surface area contributed by atoms with E-state index in [0.29, 0.717) is 42.1 Å². The zero-order valence-electron chi connectivity index (χ0n) is 19.5. The van der Waals surface area contributed by atoms with Crippen LogP contribution in [0.2, 0.25) is 0 Å². The van der Waals surface area contributed by atoms with Crippen molar-refractivity contribution in [2.45, 2.75) is 26.2 Å². The second kappa shape index (κ2) is 10.5. The first-order valence-electron chi connectivity index (χ1n) is 11.6. The van der Waals surface area contributed by atoms with Gasteiger partial charge in [-0.1, -0.05) is 18.2 Å². The highest BCUT2D eigenvalue weighted by Crippen LogP contribution is 2.23. The molecule has 9 nitrogen and oxygen atoms in total. The van der Waals surface area contributed by atoms with Crippen molar-refractivity contribution in [1.82, 2.24) is 15.1 Å². The zero-order valence-corrected chi connectivity index (χ0v) is 19.5. The standard InChI is InChI=1S/C26H27N3O6/c1-17(30)35-20-6-4-5-19(15-20)24(32)28-12-9-18(10-13-28)16-27-23(31)11-14-29-25(33)21-7-2-3-8-22(21)26(29)34/h2-8,15,18H,9-14,16H2,1H3,(H,27,31). The summed E-state index contributed by atoms with van der Waals surface area (Å²) in [5.41, 5.74) is 1.21. The number of benzene rings is 2. The van der Waals surface area contributed by atoms with Gasteiger partial charge in [0, 0.05) is 45.1 Å². The van der Waals surface area contributed by atoms with Gasteiger partial charge in [-0.15, -0.1) is 0 Å². The van der Waals surface area contributed by atoms with Crippen LogP contribution in [0.3, 0.4) is 0 Å². The average molecular weight is 478 g/mol. The number of carbonyl (C=O) groups excluding carboxylic acids is 5. The van der Waals surface area contributed by atoms with Gasteiger partial charge in [0.05, 0.1) is 11.1 Å². The molecule has 35 heavy (non-hydrogen) atoms. The maximum atomic E-state index is 12.8. The first-order chi connectivity index (χ1) is 16.8. The minimum atomic E-state index is -0.443. The molecular weight excluding hydrogens is 450 g/mol. The normalized spacial score (nSPS) is 15.7. The van der Waals surface area contributed by atoms with E-state index in [1.54, 1.807) is 53.4 Å². The molecule has 0 aromatic heterocycles. The Labute approximate surface area is 203 Å². The van der Waals surface area contributed by atoms with Crippen LogP contribution in [0.1, 0.15) is 57.3 Å². The summed E-state index contributed by atoms with van der Waals surface area (Å²) in [5.74, 6) is -0.953. The molecule has 1 fully saturated rings. The molecule has 2 aliphatic heterocycles. The molecule has 0 spiro atoms. The molecule has 1 saturated heterocycles. The molecule has 1 N–H and O–H groups in total. The number of nitrogens with one attached hydrogen (secondary N) is 1. The van der Waals surface area contributed by atoms with E-state index in [4.69, 9.17) is 4.74 Å². The van der Waals surface area contributed by atoms with Crippen molar-refractivity contribution >= 4 is 29.6 Å². The van der Waals surface area contributed by atoms with Crippen LogP contribution in [-0.2, 0) is 9.59 Å². The summed E-state index contributed by atoms with van der Waals surface area (Å²) in [4.78, 5) is 64.0. The molecule has 0 saturated carbocycles. The predicted molar refractivity (Wildman–Crippen MR) is 126 cm³/mol. The van der Waals surface area contributed by atoms with Crippen molar-refractivity contribution in [1.29, 1.82) is 0 Å². The molecule has 0 atom stereocenters. The first kappa shape index (κ1) is 24.1. The number of carbonyl (C=O) groups is 5. The van der Waals surface area contributed by atoms with Gasteiger partial charge >= 0.3 is 5.97 Å². The van der Waals surface area contributed by atoms with E-state index in [9.17, 15) is 24.0 Å². The van der Waals surface area contributed by atoms with Crippen LogP contribution in [0.4, 0.5) is 0 Å². The molecule has 0 unspecified atom stereocenters. The third kappa shape index (κ3) is 5.56. The lowest BCUT2D eigenvalue weighted by Gasteiger charge is -2.32. The van der Waals surface area contributed by atoms with Crippen LogP contribution >= 0.6 is 0 Å². The number of hydrogen-bond donors (Lipinski definition) is 1. The number of likely N-dealkylation sites (tertiary alicyclic amines) is 1. The number of nitrogens with zero attached hydrogens (tertiary/aromatic N) is 2. The van der Waals surface area contributed by atoms with Gasteiger partial charge in [0.25, 0.3) is 17.7 Å². The van der Waals surface area contributed by atoms with E-state index in [0.717, 1.165) is 17.7 Å². The van der Waals surface area contributed by atoms with E-state index in [1.807, 2.05) is 0 Å². The SMILES string of the molecule is CC(=O)Oc1cccc(C(=O)N2CCC(CNC(=O)CCN3C(=O)c4ccccc4C3=O)CC2)c1. The van der Waals surface area contributed by atoms with Gasteiger partial charge in [0.2, 0.25) is 5.91 Å². The second-order valence-corrected chi connectivity index (χ2v) is 8.72. The minimum absolute atomic E-state index is 0.0392. The Hall–Kier alpha value is -4.01. The van der Waals surface area contributed by atoms with Crippen LogP contribution < -0.4 is 10.1 Å². The largest absolute Gasteiger partial charge is 0.427 e. The van der Waals surface area contributed by atoms with Gasteiger partial charge < -0.3 is 15.0 Å². The van der Waals surface area contributed by atoms with Gasteiger partial charge in [0.15, 0.2) is 0 Å². The van der Waals surface area contributed by atoms with Crippen LogP contribution in [0.25, 0.3) is 0 Å². The molecular formula is C26H27N3O6. The van der Waals surface area contributed by atoms with Crippen LogP contribution in [0, 0.1) is 5.92 Å². The third-order valence-corrected chi connectivity index (χ3v) is 6.27. The molecule has 4 rings (SSSR count). The maximum absolute atomic E-state index is 12.8. The summed E-state index contributed by atoms with van der Waals surface area (Å²) in [5, 5.41) is 2.89. The van der Waals surface area contributed by atoms with Crippen molar-refractivity contribution in [3.05, 3.63) is 65.2 Å². The van der Waals surface area contributed by atoms with E-state index in [-0.39, 0.29) is 42.5 Å².